The standard InChI is InChI=1S/C33H41ClN2O6S/c1-21-29(37)18-43(39,40)25-8-11-31-28(16-25)36(17-23-6-9-26(23)30(41-3)12-13-32(38)35(21)2)19-33(20-42-31)14-4-5-22-15-24(34)7-10-27(22)33/h7-8,10-11,15-16,21,23,26,30H,4-6,9,12-14,17-20H2,1-3H3/t21?,23-,26+,30-,33-/m0/s1. The lowest BCUT2D eigenvalue weighted by Gasteiger charge is -2.46. The number of sulfone groups is 1. The molecule has 8 nitrogen and oxygen atoms in total. The molecule has 10 heteroatoms. The molecular formula is C33H41ClN2O6S. The zero-order valence-electron chi connectivity index (χ0n) is 25.2. The van der Waals surface area contributed by atoms with Crippen molar-refractivity contribution >= 4 is 38.8 Å². The minimum atomic E-state index is -3.96. The Labute approximate surface area is 259 Å². The third kappa shape index (κ3) is 5.69. The second kappa shape index (κ2) is 11.7. The highest BCUT2D eigenvalue weighted by molar-refractivity contribution is 7.92. The maximum absolute atomic E-state index is 13.6. The molecule has 0 N–H and O–H groups in total. The highest BCUT2D eigenvalue weighted by Crippen LogP contribution is 2.47. The summed E-state index contributed by atoms with van der Waals surface area (Å²) in [6, 6.07) is 10.3. The smallest absolute Gasteiger partial charge is 0.223 e. The number of methoxy groups -OCH3 is 1. The van der Waals surface area contributed by atoms with Crippen molar-refractivity contribution in [1.82, 2.24) is 4.90 Å². The third-order valence-corrected chi connectivity index (χ3v) is 12.4. The number of amides is 1. The number of ketones is 1. The Hall–Kier alpha value is -2.62. The highest BCUT2D eigenvalue weighted by Gasteiger charge is 2.45. The third-order valence-electron chi connectivity index (χ3n) is 10.5. The molecule has 2 aliphatic heterocycles. The minimum Gasteiger partial charge on any atom is -0.490 e. The van der Waals surface area contributed by atoms with E-state index in [0.29, 0.717) is 31.2 Å². The summed E-state index contributed by atoms with van der Waals surface area (Å²) in [4.78, 5) is 30.0. The minimum absolute atomic E-state index is 0.0732. The van der Waals surface area contributed by atoms with Gasteiger partial charge in [-0.25, -0.2) is 8.42 Å². The molecule has 0 radical (unpaired) electrons. The Kier molecular flexibility index (Phi) is 8.28. The topological polar surface area (TPSA) is 93.2 Å². The van der Waals surface area contributed by atoms with Crippen LogP contribution in [0.25, 0.3) is 0 Å². The zero-order valence-corrected chi connectivity index (χ0v) is 26.8. The molecule has 2 heterocycles. The van der Waals surface area contributed by atoms with Crippen molar-refractivity contribution in [3.8, 4) is 5.75 Å². The number of carbonyl (C=O) groups is 2. The number of anilines is 1. The van der Waals surface area contributed by atoms with Gasteiger partial charge in [0.15, 0.2) is 15.6 Å². The molecule has 232 valence electrons. The van der Waals surface area contributed by atoms with E-state index in [2.05, 4.69) is 17.0 Å². The Morgan fingerprint density at radius 3 is 2.63 bits per heavy atom. The van der Waals surface area contributed by atoms with Crippen LogP contribution in [0, 0.1) is 11.8 Å². The Morgan fingerprint density at radius 2 is 1.88 bits per heavy atom. The van der Waals surface area contributed by atoms with Gasteiger partial charge in [-0.2, -0.15) is 0 Å². The summed E-state index contributed by atoms with van der Waals surface area (Å²) >= 11 is 6.40. The van der Waals surface area contributed by atoms with Crippen molar-refractivity contribution in [3.63, 3.8) is 0 Å². The van der Waals surface area contributed by atoms with E-state index in [1.54, 1.807) is 39.3 Å². The van der Waals surface area contributed by atoms with E-state index < -0.39 is 27.4 Å². The van der Waals surface area contributed by atoms with Crippen molar-refractivity contribution in [1.29, 1.82) is 0 Å². The number of benzene rings is 2. The lowest BCUT2D eigenvalue weighted by atomic mass is 9.68. The lowest BCUT2D eigenvalue weighted by molar-refractivity contribution is -0.137. The SMILES string of the molecule is CO[C@H]1CCC(=O)N(C)C(C)C(=O)CS(=O)(=O)c2ccc3c(c2)N(C[C@@H]2CC[C@H]21)C[C@@]1(CCCc2cc(Cl)ccc21)CO3. The molecule has 2 aromatic rings. The summed E-state index contributed by atoms with van der Waals surface area (Å²) in [5.41, 5.74) is 2.96. The molecule has 1 saturated carbocycles. The van der Waals surface area contributed by atoms with Crippen LogP contribution in [-0.4, -0.2) is 76.8 Å². The first-order valence-corrected chi connectivity index (χ1v) is 17.4. The number of aryl methyl sites for hydroxylation is 1. The summed E-state index contributed by atoms with van der Waals surface area (Å²) in [7, 11) is -0.679. The first-order chi connectivity index (χ1) is 20.5. The summed E-state index contributed by atoms with van der Waals surface area (Å²) in [5, 5.41) is 0.727. The molecule has 43 heavy (non-hydrogen) atoms. The van der Waals surface area contributed by atoms with Crippen molar-refractivity contribution in [2.75, 3.05) is 44.5 Å². The number of Topliss-reactive ketones (excluding diaryl/α,β-unsaturated/α-hetero) is 1. The quantitative estimate of drug-likeness (QED) is 0.446. The Morgan fingerprint density at radius 1 is 1.07 bits per heavy atom. The number of ether oxygens (including phenoxy) is 2. The van der Waals surface area contributed by atoms with E-state index in [0.717, 1.165) is 49.4 Å². The first-order valence-electron chi connectivity index (χ1n) is 15.4. The van der Waals surface area contributed by atoms with Gasteiger partial charge in [-0.3, -0.25) is 9.59 Å². The van der Waals surface area contributed by atoms with Crippen LogP contribution < -0.4 is 9.64 Å². The van der Waals surface area contributed by atoms with Crippen LogP contribution >= 0.6 is 11.6 Å². The maximum Gasteiger partial charge on any atom is 0.223 e. The van der Waals surface area contributed by atoms with Crippen LogP contribution in [0.2, 0.25) is 5.02 Å². The van der Waals surface area contributed by atoms with Crippen LogP contribution in [0.4, 0.5) is 5.69 Å². The van der Waals surface area contributed by atoms with Crippen LogP contribution in [0.3, 0.4) is 0 Å². The molecule has 2 aromatic carbocycles. The van der Waals surface area contributed by atoms with Gasteiger partial charge in [0.25, 0.3) is 0 Å². The molecule has 2 bridgehead atoms. The average Bonchev–Trinajstić information content (AvgIpc) is 3.12. The molecule has 0 aromatic heterocycles. The molecule has 1 spiro atoms. The molecule has 4 aliphatic rings. The van der Waals surface area contributed by atoms with E-state index in [-0.39, 0.29) is 34.7 Å². The molecule has 1 fully saturated rings. The Bertz CT molecular complexity index is 1530. The number of likely N-dealkylation sites (N-methyl/N-ethyl adjacent to an activating group) is 1. The van der Waals surface area contributed by atoms with E-state index in [1.165, 1.54) is 16.0 Å². The molecule has 2 aliphatic carbocycles. The number of fused-ring (bicyclic) bond motifs is 4. The second-order valence-corrected chi connectivity index (χ2v) is 15.4. The maximum atomic E-state index is 13.6. The fourth-order valence-corrected chi connectivity index (χ4v) is 9.20. The number of hydrogen-bond donors (Lipinski definition) is 0. The average molecular weight is 629 g/mol. The van der Waals surface area contributed by atoms with Crippen molar-refractivity contribution in [3.05, 3.63) is 52.5 Å². The summed E-state index contributed by atoms with van der Waals surface area (Å²) in [5.74, 6) is -0.107. The molecule has 0 saturated heterocycles. The highest BCUT2D eigenvalue weighted by atomic mass is 35.5. The van der Waals surface area contributed by atoms with Gasteiger partial charge in [0.1, 0.15) is 11.5 Å². The molecule has 1 amide bonds. The predicted molar refractivity (Wildman–Crippen MR) is 166 cm³/mol. The van der Waals surface area contributed by atoms with E-state index in [4.69, 9.17) is 21.1 Å². The van der Waals surface area contributed by atoms with Gasteiger partial charge in [0, 0.05) is 44.1 Å². The Balaban J connectivity index is 1.44. The van der Waals surface area contributed by atoms with Crippen LogP contribution in [0.5, 0.6) is 5.75 Å². The molecular weight excluding hydrogens is 588 g/mol. The number of halogens is 1. The van der Waals surface area contributed by atoms with Crippen molar-refractivity contribution in [2.24, 2.45) is 11.8 Å². The largest absolute Gasteiger partial charge is 0.490 e. The summed E-state index contributed by atoms with van der Waals surface area (Å²) in [6.07, 6.45) is 5.71. The fraction of sp³-hybridized carbons (Fsp3) is 0.576. The van der Waals surface area contributed by atoms with Gasteiger partial charge in [-0.05, 0) is 98.7 Å². The van der Waals surface area contributed by atoms with Crippen LogP contribution in [0.1, 0.15) is 56.6 Å². The fourth-order valence-electron chi connectivity index (χ4n) is 7.65. The van der Waals surface area contributed by atoms with Gasteiger partial charge in [-0.1, -0.05) is 17.7 Å². The van der Waals surface area contributed by atoms with Crippen molar-refractivity contribution in [2.45, 2.75) is 74.3 Å². The van der Waals surface area contributed by atoms with Gasteiger partial charge in [0.2, 0.25) is 5.91 Å². The van der Waals surface area contributed by atoms with E-state index in [9.17, 15) is 18.0 Å². The first kappa shape index (κ1) is 30.4. The van der Waals surface area contributed by atoms with Gasteiger partial charge < -0.3 is 19.3 Å². The van der Waals surface area contributed by atoms with Gasteiger partial charge in [0.05, 0.1) is 29.3 Å². The molecule has 6 rings (SSSR count). The normalized spacial score (nSPS) is 31.0. The summed E-state index contributed by atoms with van der Waals surface area (Å²) < 4.78 is 39.7. The molecule has 1 unspecified atom stereocenters. The van der Waals surface area contributed by atoms with Crippen molar-refractivity contribution < 1.29 is 27.5 Å². The number of rotatable bonds is 1. The van der Waals surface area contributed by atoms with Gasteiger partial charge in [-0.15, -0.1) is 0 Å². The number of nitrogens with zero attached hydrogens (tertiary/aromatic N) is 2. The second-order valence-electron chi connectivity index (χ2n) is 13.0. The van der Waals surface area contributed by atoms with Crippen LogP contribution in [0.15, 0.2) is 41.3 Å². The monoisotopic (exact) mass is 628 g/mol. The number of carbonyl (C=O) groups excluding carboxylic acids is 2. The molecule has 5 atom stereocenters. The van der Waals surface area contributed by atoms with Crippen LogP contribution in [-0.2, 0) is 36.0 Å². The number of hydrogen-bond acceptors (Lipinski definition) is 7. The van der Waals surface area contributed by atoms with Gasteiger partial charge >= 0.3 is 0 Å². The predicted octanol–water partition coefficient (Wildman–Crippen LogP) is 4.84. The summed E-state index contributed by atoms with van der Waals surface area (Å²) in [6.45, 7) is 3.48. The lowest BCUT2D eigenvalue weighted by Crippen LogP contribution is -2.50. The zero-order chi connectivity index (χ0) is 30.5. The van der Waals surface area contributed by atoms with E-state index >= 15 is 0 Å². The van der Waals surface area contributed by atoms with E-state index in [1.807, 2.05) is 6.07 Å².